The Morgan fingerprint density at radius 3 is 1.50 bits per heavy atom. The first-order chi connectivity index (χ1) is 5.91. The molecule has 0 fully saturated rings. The molecule has 0 saturated carbocycles. The van der Waals surface area contributed by atoms with Crippen molar-refractivity contribution in [2.45, 2.75) is 27.5 Å². The molecule has 82 valence electrons. The van der Waals surface area contributed by atoms with Crippen LogP contribution in [0.15, 0.2) is 12.1 Å². The van der Waals surface area contributed by atoms with Crippen LogP contribution < -0.4 is 0 Å². The number of rotatable bonds is 0. The molecular weight excluding hydrogens is 306 g/mol. The van der Waals surface area contributed by atoms with Crippen LogP contribution in [0.5, 0.6) is 0 Å². The molecule has 0 aliphatic heterocycles. The fraction of sp³-hybridized carbons (Fsp3) is 0.444. The number of hydrogen-bond acceptors (Lipinski definition) is 1. The van der Waals surface area contributed by atoms with Gasteiger partial charge in [-0.15, -0.1) is 24.0 Å². The summed E-state index contributed by atoms with van der Waals surface area (Å²) in [5.41, 5.74) is 3.50. The van der Waals surface area contributed by atoms with Gasteiger partial charge in [0, 0.05) is 11.4 Å². The summed E-state index contributed by atoms with van der Waals surface area (Å²) in [5.74, 6) is 0. The van der Waals surface area contributed by atoms with Crippen LogP contribution in [0.25, 0.3) is 0 Å². The number of alkyl halides is 3. The lowest BCUT2D eigenvalue weighted by atomic mass is 10.2. The van der Waals surface area contributed by atoms with Gasteiger partial charge in [0.25, 0.3) is 0 Å². The van der Waals surface area contributed by atoms with Gasteiger partial charge in [-0.3, -0.25) is 4.98 Å². The molecule has 0 aromatic carbocycles. The average Bonchev–Trinajstić information content (AvgIpc) is 1.80. The van der Waals surface area contributed by atoms with Crippen LogP contribution in [0.3, 0.4) is 0 Å². The Morgan fingerprint density at radius 1 is 1.00 bits per heavy atom. The van der Waals surface area contributed by atoms with Crippen LogP contribution in [0, 0.1) is 20.8 Å². The Labute approximate surface area is 98.8 Å². The molecule has 0 spiro atoms. The highest BCUT2D eigenvalue weighted by atomic mass is 127. The Balaban J connectivity index is 0. The smallest absolute Gasteiger partial charge is 0.258 e. The molecule has 0 bridgehead atoms. The summed E-state index contributed by atoms with van der Waals surface area (Å²) >= 11 is 0. The summed E-state index contributed by atoms with van der Waals surface area (Å²) in [6.07, 6.45) is 0. The summed E-state index contributed by atoms with van der Waals surface area (Å²) in [5, 5.41) is 0. The summed E-state index contributed by atoms with van der Waals surface area (Å²) in [7, 11) is 0. The van der Waals surface area contributed by atoms with E-state index < -0.39 is 6.68 Å². The normalized spacial score (nSPS) is 8.79. The molecule has 0 amide bonds. The Bertz CT molecular complexity index is 213. The SMILES string of the molecule is Cc1cc(C)nc(C)c1.FC(F)F.I. The molecule has 0 atom stereocenters. The summed E-state index contributed by atoms with van der Waals surface area (Å²) in [6.45, 7) is 2.45. The van der Waals surface area contributed by atoms with Crippen molar-refractivity contribution in [2.75, 3.05) is 0 Å². The molecule has 0 radical (unpaired) electrons. The van der Waals surface area contributed by atoms with E-state index in [0.717, 1.165) is 11.4 Å². The molecule has 1 aromatic rings. The van der Waals surface area contributed by atoms with Gasteiger partial charge in [0.2, 0.25) is 0 Å². The highest BCUT2D eigenvalue weighted by Gasteiger charge is 1.88. The van der Waals surface area contributed by atoms with E-state index in [-0.39, 0.29) is 24.0 Å². The van der Waals surface area contributed by atoms with Crippen molar-refractivity contribution in [2.24, 2.45) is 0 Å². The number of halogens is 4. The molecule has 1 nitrogen and oxygen atoms in total. The molecule has 0 saturated heterocycles. The average molecular weight is 319 g/mol. The van der Waals surface area contributed by atoms with Crippen molar-refractivity contribution >= 4 is 24.0 Å². The fourth-order valence-electron chi connectivity index (χ4n) is 1.04. The number of hydrogen-bond donors (Lipinski definition) is 0. The maximum absolute atomic E-state index is 9.67. The minimum absolute atomic E-state index is 0. The van der Waals surface area contributed by atoms with E-state index in [2.05, 4.69) is 24.0 Å². The summed E-state index contributed by atoms with van der Waals surface area (Å²) in [6, 6.07) is 4.15. The highest BCUT2D eigenvalue weighted by Crippen LogP contribution is 2.01. The Morgan fingerprint density at radius 2 is 1.29 bits per heavy atom. The molecule has 1 heterocycles. The zero-order chi connectivity index (χ0) is 10.4. The lowest BCUT2D eigenvalue weighted by molar-refractivity contribution is 0.00819. The molecule has 0 unspecified atom stereocenters. The first-order valence-corrected chi connectivity index (χ1v) is 3.76. The van der Waals surface area contributed by atoms with Gasteiger partial charge in [0.15, 0.2) is 0 Å². The van der Waals surface area contributed by atoms with Gasteiger partial charge in [0.1, 0.15) is 0 Å². The van der Waals surface area contributed by atoms with Crippen molar-refractivity contribution in [1.29, 1.82) is 0 Å². The molecule has 5 heteroatoms. The van der Waals surface area contributed by atoms with E-state index in [1.54, 1.807) is 0 Å². The van der Waals surface area contributed by atoms with E-state index in [9.17, 15) is 13.2 Å². The second-order valence-electron chi connectivity index (χ2n) is 2.67. The maximum atomic E-state index is 9.67. The fourth-order valence-corrected chi connectivity index (χ4v) is 1.04. The van der Waals surface area contributed by atoms with Gasteiger partial charge >= 0.3 is 6.68 Å². The lowest BCUT2D eigenvalue weighted by Gasteiger charge is -1.96. The van der Waals surface area contributed by atoms with Crippen LogP contribution in [0.1, 0.15) is 17.0 Å². The summed E-state index contributed by atoms with van der Waals surface area (Å²) < 4.78 is 29.0. The molecule has 1 aromatic heterocycles. The molecule has 1 rings (SSSR count). The van der Waals surface area contributed by atoms with Crippen molar-refractivity contribution in [3.05, 3.63) is 29.1 Å². The third kappa shape index (κ3) is 9.76. The van der Waals surface area contributed by atoms with Crippen molar-refractivity contribution in [1.82, 2.24) is 4.98 Å². The van der Waals surface area contributed by atoms with Gasteiger partial charge < -0.3 is 0 Å². The predicted molar refractivity (Wildman–Crippen MR) is 61.0 cm³/mol. The highest BCUT2D eigenvalue weighted by molar-refractivity contribution is 14.0. The Hall–Kier alpha value is -0.330. The third-order valence-corrected chi connectivity index (χ3v) is 1.23. The van der Waals surface area contributed by atoms with Crippen LogP contribution in [0.2, 0.25) is 0 Å². The van der Waals surface area contributed by atoms with E-state index in [0.29, 0.717) is 0 Å². The van der Waals surface area contributed by atoms with Gasteiger partial charge in [-0.05, 0) is 38.5 Å². The van der Waals surface area contributed by atoms with Crippen molar-refractivity contribution < 1.29 is 13.2 Å². The third-order valence-electron chi connectivity index (χ3n) is 1.23. The standard InChI is InChI=1S/C8H11N.CHF3.HI/c1-6-4-7(2)9-8(3)5-6;2-1(3)4;/h4-5H,1-3H3;1H;1H. The first-order valence-electron chi connectivity index (χ1n) is 3.76. The molecule has 0 aliphatic rings. The van der Waals surface area contributed by atoms with Gasteiger partial charge in [-0.1, -0.05) is 0 Å². The van der Waals surface area contributed by atoms with E-state index in [1.165, 1.54) is 5.56 Å². The number of aryl methyl sites for hydroxylation is 3. The van der Waals surface area contributed by atoms with Gasteiger partial charge in [-0.2, -0.15) is 13.2 Å². The number of aromatic nitrogens is 1. The van der Waals surface area contributed by atoms with Crippen molar-refractivity contribution in [3.8, 4) is 0 Å². The minimum Gasteiger partial charge on any atom is -0.258 e. The zero-order valence-corrected chi connectivity index (χ0v) is 10.6. The quantitative estimate of drug-likeness (QED) is 0.663. The Kier molecular flexibility index (Phi) is 9.23. The van der Waals surface area contributed by atoms with Crippen LogP contribution in [0.4, 0.5) is 13.2 Å². The zero-order valence-electron chi connectivity index (χ0n) is 8.22. The first kappa shape index (κ1) is 16.1. The van der Waals surface area contributed by atoms with Crippen LogP contribution in [-0.2, 0) is 0 Å². The predicted octanol–water partition coefficient (Wildman–Crippen LogP) is 3.80. The van der Waals surface area contributed by atoms with E-state index in [1.807, 2.05) is 13.8 Å². The van der Waals surface area contributed by atoms with Crippen LogP contribution in [-0.4, -0.2) is 11.7 Å². The topological polar surface area (TPSA) is 12.9 Å². The maximum Gasteiger partial charge on any atom is 0.379 e. The van der Waals surface area contributed by atoms with E-state index >= 15 is 0 Å². The monoisotopic (exact) mass is 319 g/mol. The van der Waals surface area contributed by atoms with E-state index in [4.69, 9.17) is 0 Å². The second kappa shape index (κ2) is 8.02. The molecule has 0 N–H and O–H groups in total. The minimum atomic E-state index is -3.67. The summed E-state index contributed by atoms with van der Waals surface area (Å²) in [4.78, 5) is 4.23. The van der Waals surface area contributed by atoms with Gasteiger partial charge in [0.05, 0.1) is 0 Å². The van der Waals surface area contributed by atoms with Crippen molar-refractivity contribution in [3.63, 3.8) is 0 Å². The van der Waals surface area contributed by atoms with Gasteiger partial charge in [-0.25, -0.2) is 0 Å². The second-order valence-corrected chi connectivity index (χ2v) is 2.67. The molecule has 14 heavy (non-hydrogen) atoms. The largest absolute Gasteiger partial charge is 0.379 e. The molecular formula is C9H13F3IN. The van der Waals surface area contributed by atoms with Crippen LogP contribution >= 0.6 is 24.0 Å². The lowest BCUT2D eigenvalue weighted by Crippen LogP contribution is -1.85. The number of nitrogens with zero attached hydrogens (tertiary/aromatic N) is 1. The molecule has 0 aliphatic carbocycles. The number of pyridine rings is 1.